The number of hydrogen-bond acceptors (Lipinski definition) is 6. The number of rotatable bonds is 5. The first kappa shape index (κ1) is 23.8. The molecule has 4 aromatic rings. The minimum Gasteiger partial charge on any atom is -0.370 e. The van der Waals surface area contributed by atoms with Crippen molar-refractivity contribution in [3.63, 3.8) is 0 Å². The third kappa shape index (κ3) is 4.88. The number of carbonyl (C=O) groups excluding carboxylic acids is 1. The molecule has 0 N–H and O–H groups in total. The zero-order valence-corrected chi connectivity index (χ0v) is 21.0. The summed E-state index contributed by atoms with van der Waals surface area (Å²) < 4.78 is 1.56. The average molecular weight is 498 g/mol. The number of nitrogens with zero attached hydrogens (tertiary/aromatic N) is 5. The molecule has 1 aliphatic rings. The molecule has 0 bridgehead atoms. The van der Waals surface area contributed by atoms with E-state index in [1.54, 1.807) is 10.9 Å². The van der Waals surface area contributed by atoms with Crippen molar-refractivity contribution in [3.05, 3.63) is 81.7 Å². The smallest absolute Gasteiger partial charge is 0.262 e. The van der Waals surface area contributed by atoms with Gasteiger partial charge >= 0.3 is 0 Å². The molecule has 0 aliphatic carbocycles. The summed E-state index contributed by atoms with van der Waals surface area (Å²) in [6.07, 6.45) is 2.68. The normalized spacial score (nSPS) is 14.0. The van der Waals surface area contributed by atoms with Crippen molar-refractivity contribution in [1.29, 1.82) is 5.26 Å². The van der Waals surface area contributed by atoms with Gasteiger partial charge in [0.15, 0.2) is 0 Å². The van der Waals surface area contributed by atoms with Crippen molar-refractivity contribution < 1.29 is 4.79 Å². The topological polar surface area (TPSA) is 82.2 Å². The highest BCUT2D eigenvalue weighted by Gasteiger charge is 2.20. The van der Waals surface area contributed by atoms with E-state index in [0.717, 1.165) is 36.3 Å². The maximum Gasteiger partial charge on any atom is 0.262 e. The second-order valence-electron chi connectivity index (χ2n) is 9.07. The molecule has 0 atom stereocenters. The molecule has 2 aromatic heterocycles. The molecule has 36 heavy (non-hydrogen) atoms. The van der Waals surface area contributed by atoms with Gasteiger partial charge in [0, 0.05) is 55.8 Å². The van der Waals surface area contributed by atoms with Gasteiger partial charge in [-0.25, -0.2) is 4.98 Å². The predicted octanol–water partition coefficient (Wildman–Crippen LogP) is 4.43. The molecule has 7 nitrogen and oxygen atoms in total. The molecule has 2 aromatic carbocycles. The Bertz CT molecular complexity index is 1480. The summed E-state index contributed by atoms with van der Waals surface area (Å²) in [4.78, 5) is 35.7. The lowest BCUT2D eigenvalue weighted by Crippen LogP contribution is -2.36. The van der Waals surface area contributed by atoms with E-state index >= 15 is 0 Å². The predicted molar refractivity (Wildman–Crippen MR) is 143 cm³/mol. The van der Waals surface area contributed by atoms with Gasteiger partial charge in [0.2, 0.25) is 5.91 Å². The van der Waals surface area contributed by atoms with Crippen LogP contribution in [0.1, 0.15) is 24.0 Å². The third-order valence-corrected chi connectivity index (χ3v) is 7.59. The van der Waals surface area contributed by atoms with Crippen LogP contribution >= 0.6 is 11.3 Å². The van der Waals surface area contributed by atoms with E-state index in [1.807, 2.05) is 65.7 Å². The Morgan fingerprint density at radius 3 is 2.58 bits per heavy atom. The first-order valence-corrected chi connectivity index (χ1v) is 13.0. The van der Waals surface area contributed by atoms with Gasteiger partial charge in [0.25, 0.3) is 5.56 Å². The van der Waals surface area contributed by atoms with Crippen LogP contribution in [-0.4, -0.2) is 46.5 Å². The molecule has 1 fully saturated rings. The van der Waals surface area contributed by atoms with E-state index in [0.29, 0.717) is 35.4 Å². The van der Waals surface area contributed by atoms with Crippen molar-refractivity contribution in [2.45, 2.75) is 26.3 Å². The van der Waals surface area contributed by atoms with Gasteiger partial charge < -0.3 is 9.80 Å². The Morgan fingerprint density at radius 1 is 1.06 bits per heavy atom. The highest BCUT2D eigenvalue weighted by atomic mass is 32.1. The quantitative estimate of drug-likeness (QED) is 0.407. The van der Waals surface area contributed by atoms with Crippen molar-refractivity contribution in [2.24, 2.45) is 0 Å². The highest BCUT2D eigenvalue weighted by Crippen LogP contribution is 2.30. The number of aromatic nitrogens is 2. The van der Waals surface area contributed by atoms with Crippen LogP contribution in [-0.2, 0) is 11.3 Å². The van der Waals surface area contributed by atoms with Gasteiger partial charge in [-0.05, 0) is 43.2 Å². The maximum absolute atomic E-state index is 13.3. The average Bonchev–Trinajstić information content (AvgIpc) is 3.18. The van der Waals surface area contributed by atoms with Gasteiger partial charge in [-0.2, -0.15) is 5.26 Å². The lowest BCUT2D eigenvalue weighted by atomic mass is 10.1. The molecule has 0 saturated carbocycles. The van der Waals surface area contributed by atoms with E-state index in [1.165, 1.54) is 16.9 Å². The SMILES string of the molecule is Cc1ccc(-c2csc3ncn(CCC(=O)N4CCCN(c5ccc(C#N)cc5)CC4)c(=O)c23)cc1. The second kappa shape index (κ2) is 10.3. The zero-order chi connectivity index (χ0) is 25.1. The van der Waals surface area contributed by atoms with E-state index in [4.69, 9.17) is 5.26 Å². The van der Waals surface area contributed by atoms with Crippen LogP contribution in [0.4, 0.5) is 5.69 Å². The summed E-state index contributed by atoms with van der Waals surface area (Å²) >= 11 is 1.47. The molecule has 0 radical (unpaired) electrons. The first-order chi connectivity index (χ1) is 17.5. The number of thiophene rings is 1. The number of fused-ring (bicyclic) bond motifs is 1. The Labute approximate surface area is 213 Å². The monoisotopic (exact) mass is 497 g/mol. The fraction of sp³-hybridized carbons (Fsp3) is 0.286. The van der Waals surface area contributed by atoms with Crippen LogP contribution < -0.4 is 10.5 Å². The van der Waals surface area contributed by atoms with Crippen LogP contribution in [0.3, 0.4) is 0 Å². The number of amides is 1. The summed E-state index contributed by atoms with van der Waals surface area (Å²) in [5.41, 5.74) is 4.66. The Morgan fingerprint density at radius 2 is 1.83 bits per heavy atom. The largest absolute Gasteiger partial charge is 0.370 e. The summed E-state index contributed by atoms with van der Waals surface area (Å²) in [6.45, 7) is 5.26. The molecule has 182 valence electrons. The van der Waals surface area contributed by atoms with Gasteiger partial charge in [0.1, 0.15) is 4.83 Å². The highest BCUT2D eigenvalue weighted by molar-refractivity contribution is 7.17. The van der Waals surface area contributed by atoms with Crippen molar-refractivity contribution in [2.75, 3.05) is 31.1 Å². The molecule has 1 saturated heterocycles. The molecule has 3 heterocycles. The first-order valence-electron chi connectivity index (χ1n) is 12.1. The van der Waals surface area contributed by atoms with Crippen LogP contribution in [0.5, 0.6) is 0 Å². The number of benzene rings is 2. The van der Waals surface area contributed by atoms with E-state index in [-0.39, 0.29) is 17.9 Å². The lowest BCUT2D eigenvalue weighted by Gasteiger charge is -2.24. The van der Waals surface area contributed by atoms with E-state index in [2.05, 4.69) is 16.0 Å². The van der Waals surface area contributed by atoms with Crippen LogP contribution in [0.25, 0.3) is 21.3 Å². The zero-order valence-electron chi connectivity index (χ0n) is 20.2. The molecule has 0 spiro atoms. The summed E-state index contributed by atoms with van der Waals surface area (Å²) in [5.74, 6) is 0.0488. The molecule has 5 rings (SSSR count). The maximum atomic E-state index is 13.3. The van der Waals surface area contributed by atoms with Crippen molar-refractivity contribution >= 4 is 33.1 Å². The molecule has 1 aliphatic heterocycles. The van der Waals surface area contributed by atoms with E-state index < -0.39 is 0 Å². The molecular weight excluding hydrogens is 470 g/mol. The number of hydrogen-bond donors (Lipinski definition) is 0. The van der Waals surface area contributed by atoms with Crippen molar-refractivity contribution in [3.8, 4) is 17.2 Å². The Hall–Kier alpha value is -3.96. The fourth-order valence-electron chi connectivity index (χ4n) is 4.62. The van der Waals surface area contributed by atoms with Crippen LogP contribution in [0.2, 0.25) is 0 Å². The minimum absolute atomic E-state index is 0.0488. The summed E-state index contributed by atoms with van der Waals surface area (Å²) in [5, 5.41) is 11.6. The summed E-state index contributed by atoms with van der Waals surface area (Å²) in [6, 6.07) is 17.8. The molecule has 8 heteroatoms. The third-order valence-electron chi connectivity index (χ3n) is 6.70. The van der Waals surface area contributed by atoms with Crippen molar-refractivity contribution in [1.82, 2.24) is 14.5 Å². The number of carbonyl (C=O) groups is 1. The fourth-order valence-corrected chi connectivity index (χ4v) is 5.52. The number of anilines is 1. The Balaban J connectivity index is 1.26. The number of aryl methyl sites for hydroxylation is 2. The van der Waals surface area contributed by atoms with E-state index in [9.17, 15) is 9.59 Å². The Kier molecular flexibility index (Phi) is 6.83. The van der Waals surface area contributed by atoms with Gasteiger partial charge in [-0.1, -0.05) is 29.8 Å². The van der Waals surface area contributed by atoms with Gasteiger partial charge in [0.05, 0.1) is 23.3 Å². The molecule has 1 amide bonds. The second-order valence-corrected chi connectivity index (χ2v) is 9.93. The lowest BCUT2D eigenvalue weighted by molar-refractivity contribution is -0.131. The minimum atomic E-state index is -0.104. The van der Waals surface area contributed by atoms with Crippen LogP contribution in [0.15, 0.2) is 65.0 Å². The standard InChI is InChI=1S/C28H27N5O2S/c1-20-3-7-22(8-4-20)24-18-36-27-26(24)28(35)33(19-30-27)14-11-25(34)32-13-2-12-31(15-16-32)23-9-5-21(17-29)6-10-23/h3-10,18-19H,2,11-16H2,1H3. The van der Waals surface area contributed by atoms with Crippen LogP contribution in [0, 0.1) is 18.3 Å². The number of nitriles is 1. The molecular formula is C28H27N5O2S. The molecule has 0 unspecified atom stereocenters. The van der Waals surface area contributed by atoms with Gasteiger partial charge in [-0.15, -0.1) is 11.3 Å². The summed E-state index contributed by atoms with van der Waals surface area (Å²) in [7, 11) is 0. The van der Waals surface area contributed by atoms with Gasteiger partial charge in [-0.3, -0.25) is 14.2 Å².